The van der Waals surface area contributed by atoms with E-state index < -0.39 is 50.5 Å². The van der Waals surface area contributed by atoms with Crippen molar-refractivity contribution >= 4 is 27.4 Å². The van der Waals surface area contributed by atoms with Gasteiger partial charge in [-0.2, -0.15) is 26.3 Å². The Hall–Kier alpha value is -3.20. The van der Waals surface area contributed by atoms with Gasteiger partial charge in [-0.1, -0.05) is 73.5 Å². The lowest BCUT2D eigenvalue weighted by atomic mass is 9.89. The molecule has 1 saturated carbocycles. The van der Waals surface area contributed by atoms with Crippen molar-refractivity contribution in [1.29, 1.82) is 0 Å². The van der Waals surface area contributed by atoms with Crippen molar-refractivity contribution < 1.29 is 34.8 Å². The zero-order valence-electron chi connectivity index (χ0n) is 24.5. The van der Waals surface area contributed by atoms with Crippen LogP contribution in [0.5, 0.6) is 0 Å². The summed E-state index contributed by atoms with van der Waals surface area (Å²) in [7, 11) is -1.01. The maximum Gasteiger partial charge on any atom is 0.416 e. The summed E-state index contributed by atoms with van der Waals surface area (Å²) in [5.41, 5.74) is -2.50. The monoisotopic (exact) mass is 672 g/mol. The van der Waals surface area contributed by atoms with Crippen molar-refractivity contribution in [2.45, 2.75) is 67.1 Å². The second-order valence-corrected chi connectivity index (χ2v) is 13.3. The van der Waals surface area contributed by atoms with Crippen molar-refractivity contribution in [2.75, 3.05) is 14.1 Å². The Labute approximate surface area is 264 Å². The third-order valence-corrected chi connectivity index (χ3v) is 9.46. The lowest BCUT2D eigenvalue weighted by Crippen LogP contribution is -2.54. The SMILES string of the molecule is CN(C)[C@@H]1CCCC[C@@H]1NC(=S)N[C@H](c1ccccc1)C(NS(=O)(=O)c1cc(C(F)(F)F)cc(C(F)(F)F)c1)c1ccccc1. The van der Waals surface area contributed by atoms with E-state index in [9.17, 15) is 34.8 Å². The van der Waals surface area contributed by atoms with Gasteiger partial charge in [0.05, 0.1) is 28.1 Å². The standard InChI is InChI=1S/C31H34F6N4O2S2/c1-41(2)26-16-10-9-15-25(26)38-29(44)39-27(20-11-5-3-6-12-20)28(21-13-7-4-8-14-21)40-45(42,43)24-18-22(30(32,33)34)17-23(19-24)31(35,36)37/h3-8,11-14,17-19,25-28,40H,9-10,15-16H2,1-2H3,(H2,38,39,44)/t25-,26+,27+,28?/m0/s1. The number of sulfonamides is 1. The van der Waals surface area contributed by atoms with Crippen LogP contribution in [0.2, 0.25) is 0 Å². The Balaban J connectivity index is 1.76. The second-order valence-electron chi connectivity index (χ2n) is 11.2. The van der Waals surface area contributed by atoms with Gasteiger partial charge in [0.2, 0.25) is 10.0 Å². The molecule has 1 aliphatic rings. The molecule has 14 heteroatoms. The number of thiocarbonyl (C=S) groups is 1. The fourth-order valence-electron chi connectivity index (χ4n) is 5.57. The Morgan fingerprint density at radius 3 is 1.78 bits per heavy atom. The molecule has 0 amide bonds. The summed E-state index contributed by atoms with van der Waals surface area (Å²) in [5.74, 6) is 0. The normalized spacial score (nSPS) is 19.1. The third kappa shape index (κ3) is 8.96. The van der Waals surface area contributed by atoms with E-state index in [0.717, 1.165) is 25.7 Å². The number of benzene rings is 3. The van der Waals surface area contributed by atoms with E-state index in [1.54, 1.807) is 60.7 Å². The number of alkyl halides is 6. The third-order valence-electron chi connectivity index (χ3n) is 7.80. The molecule has 3 aromatic carbocycles. The number of nitrogens with zero attached hydrogens (tertiary/aromatic N) is 1. The molecule has 4 rings (SSSR count). The van der Waals surface area contributed by atoms with Gasteiger partial charge < -0.3 is 15.5 Å². The first kappa shape index (κ1) is 34.7. The van der Waals surface area contributed by atoms with Gasteiger partial charge in [0.25, 0.3) is 0 Å². The number of rotatable bonds is 9. The van der Waals surface area contributed by atoms with E-state index in [1.807, 2.05) is 14.1 Å². The van der Waals surface area contributed by atoms with Gasteiger partial charge in [-0.3, -0.25) is 0 Å². The number of halogens is 6. The lowest BCUT2D eigenvalue weighted by molar-refractivity contribution is -0.143. The maximum absolute atomic E-state index is 13.7. The quantitative estimate of drug-likeness (QED) is 0.171. The maximum atomic E-state index is 13.7. The van der Waals surface area contributed by atoms with Gasteiger partial charge in [-0.15, -0.1) is 0 Å². The highest BCUT2D eigenvalue weighted by Gasteiger charge is 2.39. The highest BCUT2D eigenvalue weighted by Crippen LogP contribution is 2.38. The zero-order valence-corrected chi connectivity index (χ0v) is 26.1. The summed E-state index contributed by atoms with van der Waals surface area (Å²) in [6.45, 7) is 0. The first-order valence-electron chi connectivity index (χ1n) is 14.2. The molecule has 0 saturated heterocycles. The predicted molar refractivity (Wildman–Crippen MR) is 164 cm³/mol. The van der Waals surface area contributed by atoms with E-state index in [1.165, 1.54) is 0 Å². The fraction of sp³-hybridized carbons (Fsp3) is 0.387. The van der Waals surface area contributed by atoms with Crippen molar-refractivity contribution in [3.05, 3.63) is 101 Å². The lowest BCUT2D eigenvalue weighted by Gasteiger charge is -2.38. The molecule has 0 bridgehead atoms. The van der Waals surface area contributed by atoms with Crippen LogP contribution in [0.3, 0.4) is 0 Å². The van der Waals surface area contributed by atoms with Gasteiger partial charge in [-0.25, -0.2) is 13.1 Å². The molecule has 1 fully saturated rings. The molecule has 244 valence electrons. The molecule has 0 heterocycles. The minimum absolute atomic E-state index is 0.00272. The average molecular weight is 673 g/mol. The number of hydrogen-bond donors (Lipinski definition) is 3. The van der Waals surface area contributed by atoms with Gasteiger partial charge in [-0.05, 0) is 68.5 Å². The minimum atomic E-state index is -5.22. The van der Waals surface area contributed by atoms with Crippen LogP contribution in [-0.2, 0) is 22.4 Å². The zero-order chi connectivity index (χ0) is 33.0. The van der Waals surface area contributed by atoms with Crippen LogP contribution in [0.25, 0.3) is 0 Å². The Kier molecular flexibility index (Phi) is 10.8. The Morgan fingerprint density at radius 2 is 1.29 bits per heavy atom. The molecular weight excluding hydrogens is 638 g/mol. The largest absolute Gasteiger partial charge is 0.416 e. The van der Waals surface area contributed by atoms with Crippen molar-refractivity contribution in [3.63, 3.8) is 0 Å². The van der Waals surface area contributed by atoms with Crippen molar-refractivity contribution in [2.24, 2.45) is 0 Å². The summed E-state index contributed by atoms with van der Waals surface area (Å²) in [4.78, 5) is 0.938. The van der Waals surface area contributed by atoms with E-state index in [0.29, 0.717) is 11.1 Å². The molecule has 0 radical (unpaired) electrons. The predicted octanol–water partition coefficient (Wildman–Crippen LogP) is 6.82. The topological polar surface area (TPSA) is 73.5 Å². The van der Waals surface area contributed by atoms with Crippen LogP contribution in [0.4, 0.5) is 26.3 Å². The fourth-order valence-corrected chi connectivity index (χ4v) is 7.16. The molecule has 1 aliphatic carbocycles. The molecule has 3 aromatic rings. The van der Waals surface area contributed by atoms with Crippen LogP contribution in [0.15, 0.2) is 83.8 Å². The second kappa shape index (κ2) is 14.1. The van der Waals surface area contributed by atoms with E-state index in [4.69, 9.17) is 12.2 Å². The average Bonchev–Trinajstić information content (AvgIpc) is 2.99. The summed E-state index contributed by atoms with van der Waals surface area (Å²) in [5, 5.41) is 6.77. The molecule has 0 spiro atoms. The number of nitrogens with one attached hydrogen (secondary N) is 3. The highest BCUT2D eigenvalue weighted by molar-refractivity contribution is 7.89. The van der Waals surface area contributed by atoms with Gasteiger partial charge in [0, 0.05) is 12.1 Å². The van der Waals surface area contributed by atoms with Gasteiger partial charge in [0.1, 0.15) is 0 Å². The number of likely N-dealkylation sites (N-methyl/N-ethyl adjacent to an activating group) is 1. The summed E-state index contributed by atoms with van der Waals surface area (Å²) in [6.07, 6.45) is -6.57. The molecular formula is C31H34F6N4O2S2. The van der Waals surface area contributed by atoms with Gasteiger partial charge in [0.15, 0.2) is 5.11 Å². The Morgan fingerprint density at radius 1 is 0.800 bits per heavy atom. The molecule has 0 aliphatic heterocycles. The molecule has 1 unspecified atom stereocenters. The van der Waals surface area contributed by atoms with Crippen LogP contribution >= 0.6 is 12.2 Å². The van der Waals surface area contributed by atoms with E-state index in [2.05, 4.69) is 20.3 Å². The summed E-state index contributed by atoms with van der Waals surface area (Å²) < 4.78 is 111. The number of hydrogen-bond acceptors (Lipinski definition) is 4. The first-order valence-corrected chi connectivity index (χ1v) is 16.1. The van der Waals surface area contributed by atoms with E-state index >= 15 is 0 Å². The first-order chi connectivity index (χ1) is 21.1. The summed E-state index contributed by atoms with van der Waals surface area (Å²) in [6, 6.07) is 15.2. The molecule has 6 nitrogen and oxygen atoms in total. The van der Waals surface area contributed by atoms with Crippen LogP contribution in [-0.4, -0.2) is 44.6 Å². The van der Waals surface area contributed by atoms with E-state index in [-0.39, 0.29) is 35.4 Å². The minimum Gasteiger partial charge on any atom is -0.358 e. The highest BCUT2D eigenvalue weighted by atomic mass is 32.2. The van der Waals surface area contributed by atoms with Gasteiger partial charge >= 0.3 is 12.4 Å². The van der Waals surface area contributed by atoms with Crippen molar-refractivity contribution in [1.82, 2.24) is 20.3 Å². The van der Waals surface area contributed by atoms with Crippen LogP contribution < -0.4 is 15.4 Å². The van der Waals surface area contributed by atoms with Crippen LogP contribution in [0.1, 0.15) is 60.0 Å². The molecule has 0 aromatic heterocycles. The Bertz CT molecular complexity index is 1520. The van der Waals surface area contributed by atoms with Crippen molar-refractivity contribution in [3.8, 4) is 0 Å². The summed E-state index contributed by atoms with van der Waals surface area (Å²) >= 11 is 5.70. The van der Waals surface area contributed by atoms with Crippen LogP contribution in [0, 0.1) is 0 Å². The molecule has 4 atom stereocenters. The smallest absolute Gasteiger partial charge is 0.358 e. The molecule has 45 heavy (non-hydrogen) atoms. The molecule has 3 N–H and O–H groups in total.